The summed E-state index contributed by atoms with van der Waals surface area (Å²) in [4.78, 5) is 20.0. The third-order valence-corrected chi connectivity index (χ3v) is 4.95. The van der Waals surface area contributed by atoms with Crippen LogP contribution in [0.2, 0.25) is 0 Å². The molecule has 1 amide bonds. The lowest BCUT2D eigenvalue weighted by molar-refractivity contribution is -0.121. The Bertz CT molecular complexity index is 577. The zero-order valence-corrected chi connectivity index (χ0v) is 17.0. The van der Waals surface area contributed by atoms with Gasteiger partial charge in [0.1, 0.15) is 0 Å². The molecule has 0 bridgehead atoms. The summed E-state index contributed by atoms with van der Waals surface area (Å²) in [5.41, 5.74) is -0.240. The van der Waals surface area contributed by atoms with Crippen LogP contribution in [0.3, 0.4) is 0 Å². The molecule has 1 atom stereocenters. The van der Waals surface area contributed by atoms with E-state index in [2.05, 4.69) is 43.4 Å². The van der Waals surface area contributed by atoms with E-state index in [0.717, 1.165) is 32.8 Å². The minimum Gasteiger partial charge on any atom is -0.379 e. The van der Waals surface area contributed by atoms with Crippen LogP contribution < -0.4 is 16.0 Å². The van der Waals surface area contributed by atoms with Crippen molar-refractivity contribution in [3.05, 3.63) is 22.4 Å². The van der Waals surface area contributed by atoms with Crippen LogP contribution in [0.15, 0.2) is 22.5 Å². The monoisotopic (exact) mass is 381 g/mol. The van der Waals surface area contributed by atoms with E-state index in [4.69, 9.17) is 4.74 Å². The molecule has 0 radical (unpaired) electrons. The number of thiophene rings is 1. The molecule has 0 aliphatic carbocycles. The van der Waals surface area contributed by atoms with E-state index < -0.39 is 0 Å². The van der Waals surface area contributed by atoms with Crippen LogP contribution in [-0.4, -0.2) is 68.7 Å². The lowest BCUT2D eigenvalue weighted by Gasteiger charge is -2.34. The molecule has 0 spiro atoms. The summed E-state index contributed by atoms with van der Waals surface area (Å²) in [5, 5.41) is 11.5. The first-order valence-corrected chi connectivity index (χ1v) is 9.88. The molecule has 8 heteroatoms. The highest BCUT2D eigenvalue weighted by atomic mass is 32.1. The summed E-state index contributed by atoms with van der Waals surface area (Å²) in [6.07, 6.45) is 0. The van der Waals surface area contributed by atoms with Crippen LogP contribution in [0.5, 0.6) is 0 Å². The molecule has 3 N–H and O–H groups in total. The Labute approximate surface area is 160 Å². The van der Waals surface area contributed by atoms with Crippen molar-refractivity contribution in [2.45, 2.75) is 32.4 Å². The standard InChI is InChI=1S/C18H31N5O2S/c1-18(2,3)22-16(24)13-21-17(19-4)20-12-14(15-6-5-11-26-15)23-7-9-25-10-8-23/h5-6,11,14H,7-10,12-13H2,1-4H3,(H,22,24)(H2,19,20,21). The van der Waals surface area contributed by atoms with Gasteiger partial charge in [-0.2, -0.15) is 0 Å². The lowest BCUT2D eigenvalue weighted by atomic mass is 10.1. The molecule has 1 aliphatic rings. The van der Waals surface area contributed by atoms with Gasteiger partial charge in [0, 0.05) is 37.1 Å². The molecule has 2 heterocycles. The molecule has 146 valence electrons. The molecular formula is C18H31N5O2S. The third-order valence-electron chi connectivity index (χ3n) is 3.98. The van der Waals surface area contributed by atoms with Crippen molar-refractivity contribution in [1.82, 2.24) is 20.9 Å². The van der Waals surface area contributed by atoms with Crippen LogP contribution in [0, 0.1) is 0 Å². The topological polar surface area (TPSA) is 78.0 Å². The van der Waals surface area contributed by atoms with E-state index >= 15 is 0 Å². The highest BCUT2D eigenvalue weighted by Crippen LogP contribution is 2.25. The third kappa shape index (κ3) is 6.93. The Hall–Kier alpha value is -1.64. The number of nitrogens with one attached hydrogen (secondary N) is 3. The normalized spacial score (nSPS) is 17.6. The van der Waals surface area contributed by atoms with Gasteiger partial charge in [0.25, 0.3) is 0 Å². The molecule has 1 unspecified atom stereocenters. The van der Waals surface area contributed by atoms with Gasteiger partial charge in [-0.05, 0) is 32.2 Å². The van der Waals surface area contributed by atoms with E-state index in [1.54, 1.807) is 18.4 Å². The maximum absolute atomic E-state index is 12.0. The number of carbonyl (C=O) groups is 1. The number of aliphatic imine (C=N–C) groups is 1. The molecule has 0 aromatic carbocycles. The number of carbonyl (C=O) groups excluding carboxylic acids is 1. The zero-order valence-electron chi connectivity index (χ0n) is 16.2. The van der Waals surface area contributed by atoms with Gasteiger partial charge >= 0.3 is 0 Å². The van der Waals surface area contributed by atoms with Crippen LogP contribution in [0.1, 0.15) is 31.7 Å². The Morgan fingerprint density at radius 3 is 2.65 bits per heavy atom. The summed E-state index contributed by atoms with van der Waals surface area (Å²) in [5.74, 6) is 0.576. The van der Waals surface area contributed by atoms with Gasteiger partial charge in [-0.1, -0.05) is 6.07 Å². The summed E-state index contributed by atoms with van der Waals surface area (Å²) in [6, 6.07) is 4.51. The van der Waals surface area contributed by atoms with Gasteiger partial charge in [-0.3, -0.25) is 14.7 Å². The Morgan fingerprint density at radius 2 is 2.08 bits per heavy atom. The summed E-state index contributed by atoms with van der Waals surface area (Å²) < 4.78 is 5.48. The fourth-order valence-corrected chi connectivity index (χ4v) is 3.68. The minimum atomic E-state index is -0.240. The number of morpholine rings is 1. The van der Waals surface area contributed by atoms with Gasteiger partial charge in [0.2, 0.25) is 5.91 Å². The van der Waals surface area contributed by atoms with Crippen molar-refractivity contribution < 1.29 is 9.53 Å². The second-order valence-electron chi connectivity index (χ2n) is 7.28. The molecule has 0 saturated carbocycles. The molecule has 7 nitrogen and oxygen atoms in total. The van der Waals surface area contributed by atoms with Gasteiger partial charge in [-0.15, -0.1) is 11.3 Å². The molecule has 1 saturated heterocycles. The molecule has 2 rings (SSSR count). The smallest absolute Gasteiger partial charge is 0.239 e. The summed E-state index contributed by atoms with van der Waals surface area (Å²) in [7, 11) is 1.71. The van der Waals surface area contributed by atoms with Crippen LogP contribution in [0.25, 0.3) is 0 Å². The highest BCUT2D eigenvalue weighted by Gasteiger charge is 2.23. The molecule has 1 aromatic heterocycles. The van der Waals surface area contributed by atoms with Gasteiger partial charge in [-0.25, -0.2) is 0 Å². The first kappa shape index (κ1) is 20.7. The quantitative estimate of drug-likeness (QED) is 0.510. The average Bonchev–Trinajstić information content (AvgIpc) is 3.11. The number of guanidine groups is 1. The Balaban J connectivity index is 1.88. The summed E-state index contributed by atoms with van der Waals surface area (Å²) in [6.45, 7) is 10.2. The summed E-state index contributed by atoms with van der Waals surface area (Å²) >= 11 is 1.76. The van der Waals surface area contributed by atoms with Gasteiger partial charge < -0.3 is 20.7 Å². The van der Waals surface area contributed by atoms with Gasteiger partial charge in [0.15, 0.2) is 5.96 Å². The number of hydrogen-bond acceptors (Lipinski definition) is 5. The number of nitrogens with zero attached hydrogens (tertiary/aromatic N) is 2. The highest BCUT2D eigenvalue weighted by molar-refractivity contribution is 7.10. The molecule has 1 aliphatic heterocycles. The largest absolute Gasteiger partial charge is 0.379 e. The Morgan fingerprint density at radius 1 is 1.35 bits per heavy atom. The Kier molecular flexibility index (Phi) is 7.86. The molecule has 26 heavy (non-hydrogen) atoms. The van der Waals surface area contributed by atoms with E-state index in [1.807, 2.05) is 20.8 Å². The van der Waals surface area contributed by atoms with Crippen molar-refractivity contribution in [3.63, 3.8) is 0 Å². The number of amides is 1. The van der Waals surface area contributed by atoms with Crippen molar-refractivity contribution in [3.8, 4) is 0 Å². The molecular weight excluding hydrogens is 350 g/mol. The predicted molar refractivity (Wildman–Crippen MR) is 107 cm³/mol. The van der Waals surface area contributed by atoms with Crippen LogP contribution in [-0.2, 0) is 9.53 Å². The number of ether oxygens (including phenoxy) is 1. The minimum absolute atomic E-state index is 0.0524. The fraction of sp³-hybridized carbons (Fsp3) is 0.667. The second kappa shape index (κ2) is 9.89. The van der Waals surface area contributed by atoms with Crippen molar-refractivity contribution in [2.75, 3.05) is 46.4 Å². The maximum Gasteiger partial charge on any atom is 0.239 e. The number of hydrogen-bond donors (Lipinski definition) is 3. The average molecular weight is 382 g/mol. The first-order chi connectivity index (χ1) is 12.4. The zero-order chi connectivity index (χ0) is 19.0. The van der Waals surface area contributed by atoms with Gasteiger partial charge in [0.05, 0.1) is 25.8 Å². The SMILES string of the molecule is CN=C(NCC(=O)NC(C)(C)C)NCC(c1cccs1)N1CCOCC1. The van der Waals surface area contributed by atoms with E-state index in [9.17, 15) is 4.79 Å². The van der Waals surface area contributed by atoms with Crippen molar-refractivity contribution >= 4 is 23.2 Å². The van der Waals surface area contributed by atoms with Crippen LogP contribution in [0.4, 0.5) is 0 Å². The first-order valence-electron chi connectivity index (χ1n) is 9.00. The predicted octanol–water partition coefficient (Wildman–Crippen LogP) is 1.20. The number of rotatable bonds is 6. The van der Waals surface area contributed by atoms with E-state index in [0.29, 0.717) is 5.96 Å². The van der Waals surface area contributed by atoms with Crippen molar-refractivity contribution in [2.24, 2.45) is 4.99 Å². The van der Waals surface area contributed by atoms with Crippen molar-refractivity contribution in [1.29, 1.82) is 0 Å². The maximum atomic E-state index is 12.0. The van der Waals surface area contributed by atoms with E-state index in [1.165, 1.54) is 4.88 Å². The van der Waals surface area contributed by atoms with E-state index in [-0.39, 0.29) is 24.0 Å². The molecule has 1 fully saturated rings. The van der Waals surface area contributed by atoms with Crippen LogP contribution >= 0.6 is 11.3 Å². The fourth-order valence-electron chi connectivity index (χ4n) is 2.82. The second-order valence-corrected chi connectivity index (χ2v) is 8.26. The lowest BCUT2D eigenvalue weighted by Crippen LogP contribution is -2.49. The molecule has 1 aromatic rings.